The van der Waals surface area contributed by atoms with Crippen LogP contribution in [-0.2, 0) is 14.4 Å². The smallest absolute Gasteiger partial charge is 0.322 e. The lowest BCUT2D eigenvalue weighted by atomic mass is 9.96. The first kappa shape index (κ1) is 15.4. The quantitative estimate of drug-likeness (QED) is 0.454. The van der Waals surface area contributed by atoms with Crippen LogP contribution in [0.1, 0.15) is 12.8 Å². The van der Waals surface area contributed by atoms with Crippen LogP contribution in [0.3, 0.4) is 0 Å². The number of carbonyl (C=O) groups is 3. The summed E-state index contributed by atoms with van der Waals surface area (Å²) in [6.45, 7) is 0.993. The maximum Gasteiger partial charge on any atom is 0.322 e. The van der Waals surface area contributed by atoms with Crippen molar-refractivity contribution in [1.29, 1.82) is 0 Å². The molecule has 1 aliphatic heterocycles. The van der Waals surface area contributed by atoms with Crippen molar-refractivity contribution in [3.05, 3.63) is 0 Å². The van der Waals surface area contributed by atoms with Crippen LogP contribution in [-0.4, -0.2) is 65.2 Å². The van der Waals surface area contributed by atoms with Gasteiger partial charge in [-0.1, -0.05) is 0 Å². The molecule has 1 aliphatic rings. The molecular weight excluding hydrogens is 254 g/mol. The number of hydrogen-bond donors (Lipinski definition) is 4. The number of hydrogen-bond acceptors (Lipinski definition) is 5. The van der Waals surface area contributed by atoms with Crippen LogP contribution in [0.2, 0.25) is 0 Å². The van der Waals surface area contributed by atoms with E-state index in [4.69, 9.17) is 15.9 Å². The monoisotopic (exact) mass is 273 g/mol. The SMILES string of the molecule is N[C@H](CNC(=O)C1CCN(CC(=O)O)CC1)C(=O)O. The average Bonchev–Trinajstić information content (AvgIpc) is 2.35. The Bertz CT molecular complexity index is 352. The molecule has 1 fully saturated rings. The van der Waals surface area contributed by atoms with Gasteiger partial charge in [-0.3, -0.25) is 19.3 Å². The zero-order valence-corrected chi connectivity index (χ0v) is 10.5. The normalized spacial score (nSPS) is 18.8. The summed E-state index contributed by atoms with van der Waals surface area (Å²) < 4.78 is 0. The fourth-order valence-electron chi connectivity index (χ4n) is 1.99. The van der Waals surface area contributed by atoms with E-state index in [-0.39, 0.29) is 24.9 Å². The highest BCUT2D eigenvalue weighted by atomic mass is 16.4. The predicted octanol–water partition coefficient (Wildman–Crippen LogP) is -1.69. The number of likely N-dealkylation sites (tertiary alicyclic amines) is 1. The fraction of sp³-hybridized carbons (Fsp3) is 0.727. The molecule has 1 saturated heterocycles. The largest absolute Gasteiger partial charge is 0.480 e. The number of nitrogens with two attached hydrogens (primary N) is 1. The molecule has 1 atom stereocenters. The second kappa shape index (κ2) is 7.05. The zero-order chi connectivity index (χ0) is 14.4. The molecule has 0 aromatic carbocycles. The van der Waals surface area contributed by atoms with E-state index < -0.39 is 18.0 Å². The summed E-state index contributed by atoms with van der Waals surface area (Å²) >= 11 is 0. The lowest BCUT2D eigenvalue weighted by molar-refractivity contribution is -0.139. The van der Waals surface area contributed by atoms with Gasteiger partial charge in [0.05, 0.1) is 6.54 Å². The van der Waals surface area contributed by atoms with Crippen molar-refractivity contribution in [2.24, 2.45) is 11.7 Å². The Labute approximate surface area is 110 Å². The Kier molecular flexibility index (Phi) is 5.71. The molecular formula is C11H19N3O5. The number of aliphatic carboxylic acids is 2. The van der Waals surface area contributed by atoms with Gasteiger partial charge in [0, 0.05) is 12.5 Å². The molecule has 108 valence electrons. The Morgan fingerprint density at radius 3 is 2.32 bits per heavy atom. The fourth-order valence-corrected chi connectivity index (χ4v) is 1.99. The van der Waals surface area contributed by atoms with Crippen molar-refractivity contribution < 1.29 is 24.6 Å². The van der Waals surface area contributed by atoms with Crippen LogP contribution < -0.4 is 11.1 Å². The number of nitrogens with one attached hydrogen (secondary N) is 1. The molecule has 19 heavy (non-hydrogen) atoms. The topological polar surface area (TPSA) is 133 Å². The summed E-state index contributed by atoms with van der Waals surface area (Å²) in [5, 5.41) is 19.7. The Morgan fingerprint density at radius 1 is 1.26 bits per heavy atom. The van der Waals surface area contributed by atoms with Crippen LogP contribution in [0.25, 0.3) is 0 Å². The zero-order valence-electron chi connectivity index (χ0n) is 10.5. The maximum absolute atomic E-state index is 11.8. The Balaban J connectivity index is 2.29. The van der Waals surface area contributed by atoms with Gasteiger partial charge < -0.3 is 21.3 Å². The molecule has 5 N–H and O–H groups in total. The highest BCUT2D eigenvalue weighted by Gasteiger charge is 2.26. The number of carbonyl (C=O) groups excluding carboxylic acids is 1. The molecule has 1 heterocycles. The van der Waals surface area contributed by atoms with E-state index in [0.29, 0.717) is 25.9 Å². The van der Waals surface area contributed by atoms with Gasteiger partial charge in [0.2, 0.25) is 5.91 Å². The molecule has 0 spiro atoms. The van der Waals surface area contributed by atoms with E-state index in [1.54, 1.807) is 4.90 Å². The van der Waals surface area contributed by atoms with Crippen LogP contribution in [0.4, 0.5) is 0 Å². The number of nitrogens with zero attached hydrogens (tertiary/aromatic N) is 1. The molecule has 8 nitrogen and oxygen atoms in total. The lowest BCUT2D eigenvalue weighted by Gasteiger charge is -2.30. The third kappa shape index (κ3) is 5.23. The van der Waals surface area contributed by atoms with Gasteiger partial charge in [0.1, 0.15) is 6.04 Å². The lowest BCUT2D eigenvalue weighted by Crippen LogP contribution is -2.46. The van der Waals surface area contributed by atoms with Gasteiger partial charge in [-0.05, 0) is 25.9 Å². The first-order chi connectivity index (χ1) is 8.90. The van der Waals surface area contributed by atoms with Gasteiger partial charge in [0.25, 0.3) is 0 Å². The average molecular weight is 273 g/mol. The Morgan fingerprint density at radius 2 is 1.84 bits per heavy atom. The van der Waals surface area contributed by atoms with Gasteiger partial charge in [-0.2, -0.15) is 0 Å². The minimum Gasteiger partial charge on any atom is -0.480 e. The number of piperidine rings is 1. The predicted molar refractivity (Wildman–Crippen MR) is 65.4 cm³/mol. The molecule has 0 bridgehead atoms. The third-order valence-electron chi connectivity index (χ3n) is 3.13. The molecule has 1 rings (SSSR count). The van der Waals surface area contributed by atoms with Gasteiger partial charge in [0.15, 0.2) is 0 Å². The summed E-state index contributed by atoms with van der Waals surface area (Å²) in [6.07, 6.45) is 1.14. The second-order valence-corrected chi connectivity index (χ2v) is 4.63. The minimum absolute atomic E-state index is 0.0156. The first-order valence-electron chi connectivity index (χ1n) is 6.10. The highest BCUT2D eigenvalue weighted by Crippen LogP contribution is 2.16. The van der Waals surface area contributed by atoms with Crippen molar-refractivity contribution in [1.82, 2.24) is 10.2 Å². The number of amides is 1. The minimum atomic E-state index is -1.16. The first-order valence-corrected chi connectivity index (χ1v) is 6.10. The summed E-state index contributed by atoms with van der Waals surface area (Å²) in [5.41, 5.74) is 5.28. The van der Waals surface area contributed by atoms with E-state index in [0.717, 1.165) is 0 Å². The van der Waals surface area contributed by atoms with Gasteiger partial charge in [-0.25, -0.2) is 0 Å². The van der Waals surface area contributed by atoms with Gasteiger partial charge >= 0.3 is 11.9 Å². The Hall–Kier alpha value is -1.67. The summed E-state index contributed by atoms with van der Waals surface area (Å²) in [7, 11) is 0. The second-order valence-electron chi connectivity index (χ2n) is 4.63. The number of carboxylic acid groups (broad SMARTS) is 2. The van der Waals surface area contributed by atoms with Crippen LogP contribution in [0.5, 0.6) is 0 Å². The van der Waals surface area contributed by atoms with E-state index >= 15 is 0 Å². The van der Waals surface area contributed by atoms with E-state index in [2.05, 4.69) is 5.32 Å². The van der Waals surface area contributed by atoms with E-state index in [9.17, 15) is 14.4 Å². The van der Waals surface area contributed by atoms with Gasteiger partial charge in [-0.15, -0.1) is 0 Å². The molecule has 0 radical (unpaired) electrons. The third-order valence-corrected chi connectivity index (χ3v) is 3.13. The van der Waals surface area contributed by atoms with Crippen molar-refractivity contribution >= 4 is 17.8 Å². The summed E-state index contributed by atoms with van der Waals surface area (Å²) in [6, 6.07) is -1.10. The van der Waals surface area contributed by atoms with E-state index in [1.807, 2.05) is 0 Å². The molecule has 0 aromatic heterocycles. The molecule has 8 heteroatoms. The molecule has 1 amide bonds. The molecule has 0 unspecified atom stereocenters. The molecule has 0 aromatic rings. The van der Waals surface area contributed by atoms with Crippen LogP contribution in [0, 0.1) is 5.92 Å². The maximum atomic E-state index is 11.8. The molecule has 0 saturated carbocycles. The van der Waals surface area contributed by atoms with Crippen LogP contribution >= 0.6 is 0 Å². The highest BCUT2D eigenvalue weighted by molar-refractivity contribution is 5.80. The van der Waals surface area contributed by atoms with Crippen LogP contribution in [0.15, 0.2) is 0 Å². The van der Waals surface area contributed by atoms with E-state index in [1.165, 1.54) is 0 Å². The summed E-state index contributed by atoms with van der Waals surface area (Å²) in [5.74, 6) is -2.45. The number of carboxylic acids is 2. The molecule has 0 aliphatic carbocycles. The van der Waals surface area contributed by atoms with Crippen molar-refractivity contribution in [3.8, 4) is 0 Å². The van der Waals surface area contributed by atoms with Crippen molar-refractivity contribution in [2.45, 2.75) is 18.9 Å². The standard InChI is InChI=1S/C11H19N3O5/c12-8(11(18)19)5-13-10(17)7-1-3-14(4-2-7)6-9(15)16/h7-8H,1-6,12H2,(H,13,17)(H,15,16)(H,18,19)/t8-/m1/s1. The van der Waals surface area contributed by atoms with Crippen molar-refractivity contribution in [3.63, 3.8) is 0 Å². The van der Waals surface area contributed by atoms with Crippen molar-refractivity contribution in [2.75, 3.05) is 26.2 Å². The summed E-state index contributed by atoms with van der Waals surface area (Å²) in [4.78, 5) is 34.6. The number of rotatable bonds is 6.